The number of nitrogens with one attached hydrogen (secondary N) is 2. The van der Waals surface area contributed by atoms with Gasteiger partial charge in [0.05, 0.1) is 31.7 Å². The van der Waals surface area contributed by atoms with Gasteiger partial charge in [-0.15, -0.1) is 0 Å². The van der Waals surface area contributed by atoms with Crippen molar-refractivity contribution in [2.75, 3.05) is 79.7 Å². The lowest BCUT2D eigenvalue weighted by Crippen LogP contribution is -2.42. The van der Waals surface area contributed by atoms with Crippen LogP contribution in [0, 0.1) is 0 Å². The quantitative estimate of drug-likeness (QED) is 0.0820. The molecule has 2 N–H and O–H groups in total. The van der Waals surface area contributed by atoms with Crippen molar-refractivity contribution < 1.29 is 47.7 Å². The second-order valence-corrected chi connectivity index (χ2v) is 8.17. The van der Waals surface area contributed by atoms with E-state index in [0.717, 1.165) is 22.0 Å². The molecule has 2 rings (SSSR count). The molecule has 0 aromatic heterocycles. The zero-order valence-electron chi connectivity index (χ0n) is 23.3. The van der Waals surface area contributed by atoms with E-state index in [1.165, 1.54) is 26.0 Å². The minimum Gasteiger partial charge on any atom is -0.382 e. The van der Waals surface area contributed by atoms with Gasteiger partial charge < -0.3 is 29.6 Å². The van der Waals surface area contributed by atoms with Gasteiger partial charge in [-0.25, -0.2) is 0 Å². The largest absolute Gasteiger partial charge is 0.382 e. The number of carbonyl (C=O) groups excluding carboxylic acids is 6. The second kappa shape index (κ2) is 26.3. The van der Waals surface area contributed by atoms with Crippen LogP contribution in [0.3, 0.4) is 0 Å². The van der Waals surface area contributed by atoms with E-state index < -0.39 is 17.7 Å². The van der Waals surface area contributed by atoms with Crippen LogP contribution < -0.4 is 10.6 Å². The van der Waals surface area contributed by atoms with Gasteiger partial charge in [0.1, 0.15) is 26.6 Å². The molecule has 14 nitrogen and oxygen atoms in total. The van der Waals surface area contributed by atoms with Crippen LogP contribution in [0.4, 0.5) is 0 Å². The summed E-state index contributed by atoms with van der Waals surface area (Å²) in [4.78, 5) is 70.1. The molecule has 0 spiro atoms. The van der Waals surface area contributed by atoms with Crippen LogP contribution in [0.15, 0.2) is 12.2 Å². The molecule has 0 aromatic carbocycles. The SMILES string of the molecule is COCCOCC(=O)NCN1C(=O)C=CC1=O.COCCOCC(=O)NCN1C(=O)CC(SC)C1=O.CS.P.P. The Hall–Kier alpha value is -1.64. The standard InChI is InChI=1S/C11H18N2O5S.C10H14N2O5.CH4S.2H3P/c1-17-3-4-18-6-9(14)12-7-13-10(15)5-8(19-2)11(13)16;1-16-4-5-17-6-8(13)11-7-12-9(14)2-3-10(12)15;1-2;;/h8H,3-7H2,1-2H3,(H,12,14);2-3H,4-7H2,1H3,(H,11,13);2H,1H3;2*1H3. The first-order valence-electron chi connectivity index (χ1n) is 11.3. The number of thioether (sulfide) groups is 1. The smallest absolute Gasteiger partial charge is 0.255 e. The number of hydrogen-bond donors (Lipinski definition) is 3. The van der Waals surface area contributed by atoms with E-state index >= 15 is 0 Å². The van der Waals surface area contributed by atoms with E-state index in [4.69, 9.17) is 18.9 Å². The molecule has 40 heavy (non-hydrogen) atoms. The van der Waals surface area contributed by atoms with Gasteiger partial charge in [-0.05, 0) is 12.5 Å². The number of carbonyl (C=O) groups is 6. The topological polar surface area (TPSA) is 170 Å². The summed E-state index contributed by atoms with van der Waals surface area (Å²) >= 11 is 4.87. The Morgan fingerprint density at radius 3 is 1.65 bits per heavy atom. The fourth-order valence-electron chi connectivity index (χ4n) is 2.64. The highest BCUT2D eigenvalue weighted by atomic mass is 32.2. The highest BCUT2D eigenvalue weighted by Crippen LogP contribution is 2.22. The zero-order valence-corrected chi connectivity index (χ0v) is 27.9. The van der Waals surface area contributed by atoms with Crippen LogP contribution >= 0.6 is 44.2 Å². The molecular weight excluding hydrogens is 606 g/mol. The van der Waals surface area contributed by atoms with Gasteiger partial charge in [-0.1, -0.05) is 0 Å². The van der Waals surface area contributed by atoms with Crippen LogP contribution in [-0.4, -0.2) is 130 Å². The highest BCUT2D eigenvalue weighted by molar-refractivity contribution is 8.00. The maximum Gasteiger partial charge on any atom is 0.255 e. The Morgan fingerprint density at radius 2 is 1.27 bits per heavy atom. The molecule has 2 aliphatic rings. The van der Waals surface area contributed by atoms with Gasteiger partial charge in [0, 0.05) is 32.8 Å². The minimum atomic E-state index is -0.435. The van der Waals surface area contributed by atoms with Gasteiger partial charge >= 0.3 is 0 Å². The number of hydrogen-bond acceptors (Lipinski definition) is 12. The number of thiol groups is 1. The van der Waals surface area contributed by atoms with E-state index in [-0.39, 0.29) is 75.7 Å². The first-order chi connectivity index (χ1) is 18.2. The van der Waals surface area contributed by atoms with Gasteiger partial charge in [-0.2, -0.15) is 44.2 Å². The number of imide groups is 2. The molecule has 6 amide bonds. The number of methoxy groups -OCH3 is 2. The maximum atomic E-state index is 11.7. The first kappa shape index (κ1) is 42.8. The van der Waals surface area contributed by atoms with Gasteiger partial charge in [-0.3, -0.25) is 38.6 Å². The van der Waals surface area contributed by atoms with E-state index in [1.807, 2.05) is 0 Å². The molecule has 232 valence electrons. The summed E-state index contributed by atoms with van der Waals surface area (Å²) in [5, 5.41) is 4.55. The zero-order chi connectivity index (χ0) is 28.9. The Morgan fingerprint density at radius 1 is 0.850 bits per heavy atom. The predicted molar refractivity (Wildman–Crippen MR) is 163 cm³/mol. The molecule has 1 saturated heterocycles. The van der Waals surface area contributed by atoms with Gasteiger partial charge in [0.15, 0.2) is 0 Å². The van der Waals surface area contributed by atoms with Crippen LogP contribution in [0.1, 0.15) is 6.42 Å². The fraction of sp³-hybridized carbons (Fsp3) is 0.636. The number of amides is 6. The van der Waals surface area contributed by atoms with E-state index in [0.29, 0.717) is 26.4 Å². The molecule has 3 unspecified atom stereocenters. The van der Waals surface area contributed by atoms with Crippen molar-refractivity contribution in [2.24, 2.45) is 0 Å². The monoisotopic (exact) mass is 648 g/mol. The summed E-state index contributed by atoms with van der Waals surface area (Å²) < 4.78 is 19.5. The molecule has 0 saturated carbocycles. The van der Waals surface area contributed by atoms with Crippen molar-refractivity contribution in [2.45, 2.75) is 11.7 Å². The van der Waals surface area contributed by atoms with Crippen LogP contribution in [0.2, 0.25) is 0 Å². The van der Waals surface area contributed by atoms with Crippen molar-refractivity contribution in [1.82, 2.24) is 20.4 Å². The summed E-state index contributed by atoms with van der Waals surface area (Å²) in [5.74, 6) is -2.15. The fourth-order valence-corrected chi connectivity index (χ4v) is 3.28. The van der Waals surface area contributed by atoms with Gasteiger partial charge in [0.25, 0.3) is 11.8 Å². The lowest BCUT2D eigenvalue weighted by molar-refractivity contribution is -0.141. The molecule has 0 aliphatic carbocycles. The minimum absolute atomic E-state index is 0. The third-order valence-electron chi connectivity index (χ3n) is 4.59. The Bertz CT molecular complexity index is 821. The third-order valence-corrected chi connectivity index (χ3v) is 5.52. The Labute approximate surface area is 251 Å². The predicted octanol–water partition coefficient (Wildman–Crippen LogP) is -1.48. The number of nitrogens with zero attached hydrogens (tertiary/aromatic N) is 2. The summed E-state index contributed by atoms with van der Waals surface area (Å²) in [7, 11) is 3.07. The summed E-state index contributed by atoms with van der Waals surface area (Å²) in [5.41, 5.74) is 0. The summed E-state index contributed by atoms with van der Waals surface area (Å²) in [6.07, 6.45) is 5.98. The lowest BCUT2D eigenvalue weighted by atomic mass is 10.4. The second-order valence-electron chi connectivity index (χ2n) is 7.13. The molecule has 2 heterocycles. The molecule has 0 bridgehead atoms. The Kier molecular flexibility index (Phi) is 28.1. The van der Waals surface area contributed by atoms with Gasteiger partial charge in [0.2, 0.25) is 23.6 Å². The number of ether oxygens (including phenoxy) is 4. The molecule has 2 aliphatic heterocycles. The maximum absolute atomic E-state index is 11.7. The van der Waals surface area contributed by atoms with Crippen molar-refractivity contribution in [3.8, 4) is 0 Å². The summed E-state index contributed by atoms with van der Waals surface area (Å²) in [6.45, 7) is 0.954. The molecule has 0 radical (unpaired) electrons. The van der Waals surface area contributed by atoms with Crippen molar-refractivity contribution in [1.29, 1.82) is 0 Å². The Balaban J connectivity index is -0.000000618. The highest BCUT2D eigenvalue weighted by Gasteiger charge is 2.37. The van der Waals surface area contributed by atoms with Crippen molar-refractivity contribution in [3.63, 3.8) is 0 Å². The molecule has 3 atom stereocenters. The van der Waals surface area contributed by atoms with E-state index in [2.05, 4.69) is 23.3 Å². The first-order valence-corrected chi connectivity index (χ1v) is 13.4. The van der Waals surface area contributed by atoms with Crippen LogP contribution in [-0.2, 0) is 47.7 Å². The summed E-state index contributed by atoms with van der Waals surface area (Å²) in [6, 6.07) is 0. The van der Waals surface area contributed by atoms with Crippen LogP contribution in [0.25, 0.3) is 0 Å². The van der Waals surface area contributed by atoms with Crippen LogP contribution in [0.5, 0.6) is 0 Å². The van der Waals surface area contributed by atoms with Crippen molar-refractivity contribution >= 4 is 79.6 Å². The van der Waals surface area contributed by atoms with E-state index in [1.54, 1.807) is 12.5 Å². The molecule has 1 fully saturated rings. The normalized spacial score (nSPS) is 15.4. The molecule has 0 aromatic rings. The lowest BCUT2D eigenvalue weighted by Gasteiger charge is -2.15. The van der Waals surface area contributed by atoms with E-state index in [9.17, 15) is 28.8 Å². The number of rotatable bonds is 15. The average Bonchev–Trinajstić information content (AvgIpc) is 3.39. The third kappa shape index (κ3) is 17.2. The van der Waals surface area contributed by atoms with Crippen molar-refractivity contribution in [3.05, 3.63) is 12.2 Å². The average molecular weight is 649 g/mol. The molecular formula is C22H42N4O10P2S2. The molecule has 18 heteroatoms. The number of likely N-dealkylation sites (tertiary alicyclic amines) is 1.